The maximum absolute atomic E-state index is 13.8. The molecule has 5 rings (SSSR count). The van der Waals surface area contributed by atoms with Crippen LogP contribution in [0.15, 0.2) is 77.7 Å². The Balaban J connectivity index is 1.74. The standard InChI is InChI=1S/C26H20F3N5O/c1-15(31-24-23-20(12-7-13-30-23)32-16(2)33-24)21-14-17-8-6-11-19(26(27,28)29)22(17)25(35)34(21)18-9-4-3-5-10-18/h3-15H,1-2H3,(H,31,32,33)/t15-/m0/s1. The Morgan fingerprint density at radius 3 is 2.49 bits per heavy atom. The van der Waals surface area contributed by atoms with E-state index in [1.165, 1.54) is 16.7 Å². The highest BCUT2D eigenvalue weighted by Crippen LogP contribution is 2.35. The number of anilines is 1. The smallest absolute Gasteiger partial charge is 0.360 e. The largest absolute Gasteiger partial charge is 0.417 e. The van der Waals surface area contributed by atoms with E-state index in [1.807, 2.05) is 13.0 Å². The number of hydrogen-bond donors (Lipinski definition) is 1. The Morgan fingerprint density at radius 1 is 0.971 bits per heavy atom. The molecule has 0 aliphatic heterocycles. The van der Waals surface area contributed by atoms with Crippen molar-refractivity contribution in [3.63, 3.8) is 0 Å². The molecule has 0 amide bonds. The lowest BCUT2D eigenvalue weighted by atomic mass is 10.0. The van der Waals surface area contributed by atoms with Crippen LogP contribution in [0.25, 0.3) is 27.5 Å². The Bertz CT molecular complexity index is 1610. The normalized spacial score (nSPS) is 12.7. The summed E-state index contributed by atoms with van der Waals surface area (Å²) in [5.41, 5.74) is 0.447. The fourth-order valence-corrected chi connectivity index (χ4v) is 4.24. The third-order valence-corrected chi connectivity index (χ3v) is 5.76. The number of aromatic nitrogens is 4. The van der Waals surface area contributed by atoms with E-state index < -0.39 is 23.3 Å². The van der Waals surface area contributed by atoms with Crippen molar-refractivity contribution in [1.82, 2.24) is 19.5 Å². The number of rotatable bonds is 4. The number of aryl methyl sites for hydroxylation is 1. The lowest BCUT2D eigenvalue weighted by molar-refractivity contribution is -0.136. The van der Waals surface area contributed by atoms with E-state index in [0.29, 0.717) is 34.1 Å². The zero-order valence-corrected chi connectivity index (χ0v) is 18.8. The number of pyridine rings is 2. The summed E-state index contributed by atoms with van der Waals surface area (Å²) in [7, 11) is 0. The van der Waals surface area contributed by atoms with Gasteiger partial charge >= 0.3 is 6.18 Å². The van der Waals surface area contributed by atoms with E-state index in [1.54, 1.807) is 55.6 Å². The second-order valence-corrected chi connectivity index (χ2v) is 8.17. The second kappa shape index (κ2) is 8.50. The zero-order valence-electron chi connectivity index (χ0n) is 18.8. The number of nitrogens with zero attached hydrogens (tertiary/aromatic N) is 4. The highest BCUT2D eigenvalue weighted by atomic mass is 19.4. The van der Waals surface area contributed by atoms with Crippen LogP contribution in [0.5, 0.6) is 0 Å². The molecule has 5 aromatic rings. The van der Waals surface area contributed by atoms with Gasteiger partial charge in [0.1, 0.15) is 11.3 Å². The van der Waals surface area contributed by atoms with E-state index in [-0.39, 0.29) is 10.8 Å². The first-order chi connectivity index (χ1) is 16.7. The average molecular weight is 475 g/mol. The van der Waals surface area contributed by atoms with Crippen molar-refractivity contribution in [3.05, 3.63) is 100 Å². The quantitative estimate of drug-likeness (QED) is 0.354. The van der Waals surface area contributed by atoms with E-state index in [4.69, 9.17) is 0 Å². The van der Waals surface area contributed by atoms with Crippen LogP contribution >= 0.6 is 0 Å². The van der Waals surface area contributed by atoms with Crippen LogP contribution in [-0.4, -0.2) is 19.5 Å². The summed E-state index contributed by atoms with van der Waals surface area (Å²) in [6, 6.07) is 17.1. The molecule has 3 heterocycles. The molecule has 0 radical (unpaired) electrons. The molecular formula is C26H20F3N5O. The molecule has 9 heteroatoms. The molecular weight excluding hydrogens is 455 g/mol. The van der Waals surface area contributed by atoms with Gasteiger partial charge in [0, 0.05) is 17.6 Å². The van der Waals surface area contributed by atoms with Gasteiger partial charge in [0.25, 0.3) is 5.56 Å². The van der Waals surface area contributed by atoms with E-state index in [0.717, 1.165) is 6.07 Å². The summed E-state index contributed by atoms with van der Waals surface area (Å²) in [4.78, 5) is 26.9. The Labute approximate surface area is 198 Å². The summed E-state index contributed by atoms with van der Waals surface area (Å²) in [5.74, 6) is 1.01. The van der Waals surface area contributed by atoms with Crippen molar-refractivity contribution in [2.45, 2.75) is 26.1 Å². The minimum atomic E-state index is -4.67. The van der Waals surface area contributed by atoms with Crippen LogP contribution in [0.1, 0.15) is 30.0 Å². The molecule has 0 spiro atoms. The molecule has 3 aromatic heterocycles. The third-order valence-electron chi connectivity index (χ3n) is 5.76. The maximum Gasteiger partial charge on any atom is 0.417 e. The van der Waals surface area contributed by atoms with E-state index >= 15 is 0 Å². The number of fused-ring (bicyclic) bond motifs is 2. The lowest BCUT2D eigenvalue weighted by Gasteiger charge is -2.22. The average Bonchev–Trinajstić information content (AvgIpc) is 2.83. The minimum Gasteiger partial charge on any atom is -0.360 e. The van der Waals surface area contributed by atoms with Crippen LogP contribution in [0.3, 0.4) is 0 Å². The summed E-state index contributed by atoms with van der Waals surface area (Å²) >= 11 is 0. The number of halogens is 3. The summed E-state index contributed by atoms with van der Waals surface area (Å²) in [6.07, 6.45) is -3.03. The van der Waals surface area contributed by atoms with Gasteiger partial charge in [-0.15, -0.1) is 0 Å². The summed E-state index contributed by atoms with van der Waals surface area (Å²) < 4.78 is 42.7. The molecule has 0 saturated heterocycles. The Kier molecular flexibility index (Phi) is 5.47. The number of alkyl halides is 3. The van der Waals surface area contributed by atoms with Crippen LogP contribution in [0, 0.1) is 6.92 Å². The topological polar surface area (TPSA) is 72.7 Å². The van der Waals surface area contributed by atoms with Crippen molar-refractivity contribution in [3.8, 4) is 5.69 Å². The summed E-state index contributed by atoms with van der Waals surface area (Å²) in [5, 5.41) is 3.13. The van der Waals surface area contributed by atoms with Gasteiger partial charge in [-0.25, -0.2) is 9.97 Å². The van der Waals surface area contributed by atoms with Gasteiger partial charge in [-0.2, -0.15) is 13.2 Å². The third kappa shape index (κ3) is 4.09. The van der Waals surface area contributed by atoms with Gasteiger partial charge in [0.15, 0.2) is 5.82 Å². The van der Waals surface area contributed by atoms with Crippen molar-refractivity contribution in [1.29, 1.82) is 0 Å². The molecule has 2 aromatic carbocycles. The first kappa shape index (κ1) is 22.5. The van der Waals surface area contributed by atoms with Crippen molar-refractivity contribution in [2.24, 2.45) is 0 Å². The predicted octanol–water partition coefficient (Wildman–Crippen LogP) is 5.83. The van der Waals surface area contributed by atoms with Crippen LogP contribution in [0.4, 0.5) is 19.0 Å². The van der Waals surface area contributed by atoms with Crippen molar-refractivity contribution < 1.29 is 13.2 Å². The maximum atomic E-state index is 13.8. The van der Waals surface area contributed by atoms with E-state index in [9.17, 15) is 18.0 Å². The second-order valence-electron chi connectivity index (χ2n) is 8.17. The molecule has 0 bridgehead atoms. The molecule has 6 nitrogen and oxygen atoms in total. The minimum absolute atomic E-state index is 0.211. The Morgan fingerprint density at radius 2 is 1.74 bits per heavy atom. The molecule has 0 aliphatic carbocycles. The molecule has 1 N–H and O–H groups in total. The predicted molar refractivity (Wildman–Crippen MR) is 129 cm³/mol. The number of para-hydroxylation sites is 1. The summed E-state index contributed by atoms with van der Waals surface area (Å²) in [6.45, 7) is 3.58. The van der Waals surface area contributed by atoms with Gasteiger partial charge in [-0.3, -0.25) is 14.3 Å². The lowest BCUT2D eigenvalue weighted by Crippen LogP contribution is -2.27. The molecule has 35 heavy (non-hydrogen) atoms. The molecule has 1 atom stereocenters. The number of benzene rings is 2. The van der Waals surface area contributed by atoms with Crippen molar-refractivity contribution in [2.75, 3.05) is 5.32 Å². The van der Waals surface area contributed by atoms with E-state index in [2.05, 4.69) is 20.3 Å². The monoisotopic (exact) mass is 475 g/mol. The first-order valence-corrected chi connectivity index (χ1v) is 10.9. The molecule has 176 valence electrons. The molecule has 0 fully saturated rings. The molecule has 0 saturated carbocycles. The van der Waals surface area contributed by atoms with Gasteiger partial charge in [0.05, 0.1) is 22.5 Å². The van der Waals surface area contributed by atoms with Crippen LogP contribution in [-0.2, 0) is 6.18 Å². The van der Waals surface area contributed by atoms with Gasteiger partial charge in [-0.05, 0) is 55.6 Å². The van der Waals surface area contributed by atoms with Gasteiger partial charge in [-0.1, -0.05) is 30.3 Å². The first-order valence-electron chi connectivity index (χ1n) is 10.9. The van der Waals surface area contributed by atoms with Crippen LogP contribution in [0.2, 0.25) is 0 Å². The van der Waals surface area contributed by atoms with Gasteiger partial charge in [0.2, 0.25) is 0 Å². The van der Waals surface area contributed by atoms with Crippen molar-refractivity contribution >= 4 is 27.6 Å². The van der Waals surface area contributed by atoms with Crippen LogP contribution < -0.4 is 10.9 Å². The fraction of sp³-hybridized carbons (Fsp3) is 0.154. The highest BCUT2D eigenvalue weighted by Gasteiger charge is 2.34. The number of hydrogen-bond acceptors (Lipinski definition) is 5. The fourth-order valence-electron chi connectivity index (χ4n) is 4.24. The Hall–Kier alpha value is -4.27. The molecule has 0 aliphatic rings. The SMILES string of the molecule is Cc1nc(N[C@@H](C)c2cc3cccc(C(F)(F)F)c3c(=O)n2-c2ccccc2)c2ncccc2n1. The zero-order chi connectivity index (χ0) is 24.7. The highest BCUT2D eigenvalue weighted by molar-refractivity contribution is 5.87. The number of nitrogens with one attached hydrogen (secondary N) is 1. The molecule has 0 unspecified atom stereocenters. The van der Waals surface area contributed by atoms with Gasteiger partial charge < -0.3 is 5.32 Å².